The van der Waals surface area contributed by atoms with Gasteiger partial charge in [-0.1, -0.05) is 0 Å². The summed E-state index contributed by atoms with van der Waals surface area (Å²) in [7, 11) is 0. The molecule has 0 radical (unpaired) electrons. The summed E-state index contributed by atoms with van der Waals surface area (Å²) in [5.74, 6) is 0.827. The van der Waals surface area contributed by atoms with Gasteiger partial charge in [0, 0.05) is 18.8 Å². The summed E-state index contributed by atoms with van der Waals surface area (Å²) in [5.41, 5.74) is 0. The van der Waals surface area contributed by atoms with Gasteiger partial charge in [0.25, 0.3) is 0 Å². The van der Waals surface area contributed by atoms with Crippen molar-refractivity contribution in [2.24, 2.45) is 0 Å². The first-order chi connectivity index (χ1) is 7.31. The Morgan fingerprint density at radius 2 is 2.40 bits per heavy atom. The summed E-state index contributed by atoms with van der Waals surface area (Å²) in [5, 5.41) is 8.84. The second kappa shape index (κ2) is 4.45. The maximum Gasteiger partial charge on any atom is 0.224 e. The average molecular weight is 223 g/mol. The summed E-state index contributed by atoms with van der Waals surface area (Å²) >= 11 is 5.73. The van der Waals surface area contributed by atoms with E-state index in [4.69, 9.17) is 16.9 Å². The van der Waals surface area contributed by atoms with Crippen molar-refractivity contribution >= 4 is 17.4 Å². The lowest BCUT2D eigenvalue weighted by atomic mass is 10.3. The van der Waals surface area contributed by atoms with E-state index >= 15 is 0 Å². The largest absolute Gasteiger partial charge is 0.352 e. The highest BCUT2D eigenvalue weighted by atomic mass is 35.5. The van der Waals surface area contributed by atoms with Crippen molar-refractivity contribution in [1.82, 2.24) is 9.97 Å². The van der Waals surface area contributed by atoms with E-state index in [0.717, 1.165) is 5.82 Å². The SMILES string of the molecule is N#CCCN(c1ccnc(Cl)n1)C1CC1. The minimum Gasteiger partial charge on any atom is -0.352 e. The van der Waals surface area contributed by atoms with Gasteiger partial charge in [-0.15, -0.1) is 0 Å². The first-order valence-corrected chi connectivity index (χ1v) is 5.31. The quantitative estimate of drug-likeness (QED) is 0.732. The second-order valence-electron chi connectivity index (χ2n) is 3.52. The number of aromatic nitrogens is 2. The lowest BCUT2D eigenvalue weighted by molar-refractivity contribution is 0.775. The van der Waals surface area contributed by atoms with Gasteiger partial charge >= 0.3 is 0 Å². The normalized spacial score (nSPS) is 14.7. The molecule has 0 spiro atoms. The Hall–Kier alpha value is -1.34. The van der Waals surface area contributed by atoms with Crippen molar-refractivity contribution in [2.45, 2.75) is 25.3 Å². The topological polar surface area (TPSA) is 52.8 Å². The summed E-state index contributed by atoms with van der Waals surface area (Å²) in [6, 6.07) is 4.51. The minimum atomic E-state index is 0.259. The third-order valence-corrected chi connectivity index (χ3v) is 2.54. The van der Waals surface area contributed by atoms with E-state index in [1.165, 1.54) is 12.8 Å². The number of nitrogens with zero attached hydrogens (tertiary/aromatic N) is 4. The molecule has 5 heteroatoms. The molecule has 1 aliphatic carbocycles. The predicted octanol–water partition coefficient (Wildman–Crippen LogP) is 2.01. The maximum absolute atomic E-state index is 8.58. The molecule has 4 nitrogen and oxygen atoms in total. The Morgan fingerprint density at radius 1 is 1.60 bits per heavy atom. The highest BCUT2D eigenvalue weighted by molar-refractivity contribution is 6.28. The van der Waals surface area contributed by atoms with Crippen molar-refractivity contribution in [1.29, 1.82) is 5.26 Å². The van der Waals surface area contributed by atoms with E-state index in [-0.39, 0.29) is 5.28 Å². The van der Waals surface area contributed by atoms with E-state index in [1.54, 1.807) is 6.20 Å². The zero-order valence-corrected chi connectivity index (χ0v) is 8.98. The van der Waals surface area contributed by atoms with Gasteiger partial charge in [-0.2, -0.15) is 5.26 Å². The van der Waals surface area contributed by atoms with Crippen LogP contribution in [0.2, 0.25) is 5.28 Å². The van der Waals surface area contributed by atoms with Gasteiger partial charge in [0.1, 0.15) is 5.82 Å². The second-order valence-corrected chi connectivity index (χ2v) is 3.85. The van der Waals surface area contributed by atoms with E-state index in [2.05, 4.69) is 20.9 Å². The van der Waals surface area contributed by atoms with Gasteiger partial charge in [0.05, 0.1) is 12.5 Å². The molecule has 1 aromatic rings. The van der Waals surface area contributed by atoms with Crippen LogP contribution in [-0.4, -0.2) is 22.6 Å². The van der Waals surface area contributed by atoms with Crippen LogP contribution in [0.3, 0.4) is 0 Å². The summed E-state index contributed by atoms with van der Waals surface area (Å²) in [4.78, 5) is 10.1. The van der Waals surface area contributed by atoms with Crippen LogP contribution in [-0.2, 0) is 0 Å². The summed E-state index contributed by atoms with van der Waals surface area (Å²) in [6.07, 6.45) is 4.50. The van der Waals surface area contributed by atoms with Crippen molar-refractivity contribution < 1.29 is 0 Å². The fraction of sp³-hybridized carbons (Fsp3) is 0.500. The molecule has 2 rings (SSSR count). The number of nitriles is 1. The third kappa shape index (κ3) is 2.57. The van der Waals surface area contributed by atoms with Gasteiger partial charge < -0.3 is 4.90 Å². The van der Waals surface area contributed by atoms with Gasteiger partial charge in [0.2, 0.25) is 5.28 Å². The summed E-state index contributed by atoms with van der Waals surface area (Å²) in [6.45, 7) is 0.717. The molecule has 0 saturated heterocycles. The van der Waals surface area contributed by atoms with Crippen LogP contribution < -0.4 is 4.90 Å². The van der Waals surface area contributed by atoms with Gasteiger partial charge in [-0.3, -0.25) is 0 Å². The Kier molecular flexibility index (Phi) is 3.02. The molecule has 0 unspecified atom stereocenters. The maximum atomic E-state index is 8.58. The number of rotatable bonds is 4. The molecule has 1 saturated carbocycles. The predicted molar refractivity (Wildman–Crippen MR) is 57.6 cm³/mol. The number of hydrogen-bond donors (Lipinski definition) is 0. The number of halogens is 1. The Balaban J connectivity index is 2.13. The van der Waals surface area contributed by atoms with E-state index in [9.17, 15) is 0 Å². The minimum absolute atomic E-state index is 0.259. The molecular formula is C10H11ClN4. The smallest absolute Gasteiger partial charge is 0.224 e. The van der Waals surface area contributed by atoms with Crippen LogP contribution in [0.4, 0.5) is 5.82 Å². The molecule has 0 amide bonds. The summed E-state index contributed by atoms with van der Waals surface area (Å²) < 4.78 is 0. The van der Waals surface area contributed by atoms with Crippen LogP contribution in [0.1, 0.15) is 19.3 Å². The fourth-order valence-corrected chi connectivity index (χ4v) is 1.67. The molecule has 1 aromatic heterocycles. The standard InChI is InChI=1S/C10H11ClN4/c11-10-13-6-4-9(14-10)15(7-1-5-12)8-2-3-8/h4,6,8H,1-3,7H2. The molecule has 1 fully saturated rings. The molecular weight excluding hydrogens is 212 g/mol. The highest BCUT2D eigenvalue weighted by Gasteiger charge is 2.29. The fourth-order valence-electron chi connectivity index (χ4n) is 1.53. The van der Waals surface area contributed by atoms with E-state index in [1.807, 2.05) is 6.07 Å². The molecule has 0 atom stereocenters. The molecule has 0 aromatic carbocycles. The van der Waals surface area contributed by atoms with Crippen LogP contribution in [0.25, 0.3) is 0 Å². The van der Waals surface area contributed by atoms with Crippen molar-refractivity contribution in [3.63, 3.8) is 0 Å². The van der Waals surface area contributed by atoms with E-state index in [0.29, 0.717) is 19.0 Å². The molecule has 0 aliphatic heterocycles. The number of anilines is 1. The molecule has 1 aliphatic rings. The van der Waals surface area contributed by atoms with E-state index < -0.39 is 0 Å². The zero-order valence-electron chi connectivity index (χ0n) is 8.23. The van der Waals surface area contributed by atoms with Crippen LogP contribution >= 0.6 is 11.6 Å². The van der Waals surface area contributed by atoms with Crippen molar-refractivity contribution in [2.75, 3.05) is 11.4 Å². The third-order valence-electron chi connectivity index (χ3n) is 2.36. The van der Waals surface area contributed by atoms with Gasteiger partial charge in [-0.05, 0) is 30.5 Å². The lowest BCUT2D eigenvalue weighted by Gasteiger charge is -2.21. The molecule has 0 N–H and O–H groups in total. The Morgan fingerprint density at radius 3 is 3.00 bits per heavy atom. The zero-order chi connectivity index (χ0) is 10.7. The van der Waals surface area contributed by atoms with Crippen molar-refractivity contribution in [3.8, 4) is 6.07 Å². The first kappa shape index (κ1) is 10.2. The Labute approximate surface area is 93.5 Å². The number of hydrogen-bond acceptors (Lipinski definition) is 4. The lowest BCUT2D eigenvalue weighted by Crippen LogP contribution is -2.27. The monoisotopic (exact) mass is 222 g/mol. The molecule has 0 bridgehead atoms. The Bertz CT molecular complexity index is 383. The van der Waals surface area contributed by atoms with Gasteiger partial charge in [0.15, 0.2) is 0 Å². The van der Waals surface area contributed by atoms with Crippen LogP contribution in [0.5, 0.6) is 0 Å². The molecule has 1 heterocycles. The van der Waals surface area contributed by atoms with Crippen LogP contribution in [0, 0.1) is 11.3 Å². The average Bonchev–Trinajstić information content (AvgIpc) is 3.03. The van der Waals surface area contributed by atoms with Crippen LogP contribution in [0.15, 0.2) is 12.3 Å². The van der Waals surface area contributed by atoms with Crippen molar-refractivity contribution in [3.05, 3.63) is 17.5 Å². The molecule has 78 valence electrons. The molecule has 15 heavy (non-hydrogen) atoms. The first-order valence-electron chi connectivity index (χ1n) is 4.93. The van der Waals surface area contributed by atoms with Gasteiger partial charge in [-0.25, -0.2) is 9.97 Å². The highest BCUT2D eigenvalue weighted by Crippen LogP contribution is 2.30.